The average Bonchev–Trinajstić information content (AvgIpc) is 3.23. The minimum absolute atomic E-state index is 0.00596. The lowest BCUT2D eigenvalue weighted by Gasteiger charge is -2.18. The maximum Gasteiger partial charge on any atom is 0.222 e. The van der Waals surface area contributed by atoms with Gasteiger partial charge in [-0.05, 0) is 46.2 Å². The van der Waals surface area contributed by atoms with Crippen molar-refractivity contribution in [2.45, 2.75) is 52.7 Å². The predicted molar refractivity (Wildman–Crippen MR) is 163 cm³/mol. The molecule has 40 heavy (non-hydrogen) atoms. The van der Waals surface area contributed by atoms with Crippen LogP contribution in [0.5, 0.6) is 5.88 Å². The number of fused-ring (bicyclic) bond motifs is 1. The summed E-state index contributed by atoms with van der Waals surface area (Å²) >= 11 is 3.53. The number of carbonyl (C=O) groups is 2. The smallest absolute Gasteiger partial charge is 0.222 e. The first kappa shape index (κ1) is 29.6. The van der Waals surface area contributed by atoms with E-state index in [0.29, 0.717) is 45.9 Å². The number of halogens is 1. The number of carbonyl (C=O) groups excluding carboxylic acids is 2. The number of rotatable bonds is 11. The molecular formula is C29H34BrN5O4Si. The van der Waals surface area contributed by atoms with Crippen LogP contribution in [0, 0.1) is 0 Å². The van der Waals surface area contributed by atoms with E-state index in [1.54, 1.807) is 31.6 Å². The van der Waals surface area contributed by atoms with Crippen LogP contribution >= 0.6 is 15.9 Å². The Hall–Kier alpha value is -3.41. The molecule has 1 N–H and O–H groups in total. The van der Waals surface area contributed by atoms with Gasteiger partial charge in [0.05, 0.1) is 23.8 Å². The largest absolute Gasteiger partial charge is 0.481 e. The first-order valence-corrected chi connectivity index (χ1v) is 17.6. The number of pyridine rings is 3. The van der Waals surface area contributed by atoms with Gasteiger partial charge in [-0.3, -0.25) is 9.59 Å². The molecule has 0 aromatic carbocycles. The summed E-state index contributed by atoms with van der Waals surface area (Å²) in [5.41, 5.74) is 5.01. The summed E-state index contributed by atoms with van der Waals surface area (Å²) in [7, 11) is 0.245. The highest BCUT2D eigenvalue weighted by Crippen LogP contribution is 2.42. The van der Waals surface area contributed by atoms with E-state index in [1.807, 2.05) is 29.7 Å². The lowest BCUT2D eigenvalue weighted by atomic mass is 10.0. The van der Waals surface area contributed by atoms with Gasteiger partial charge in [0.2, 0.25) is 11.8 Å². The van der Waals surface area contributed by atoms with Crippen LogP contribution < -0.4 is 10.1 Å². The van der Waals surface area contributed by atoms with Gasteiger partial charge in [0.25, 0.3) is 0 Å². The molecule has 0 aliphatic carbocycles. The molecule has 0 saturated heterocycles. The first-order chi connectivity index (χ1) is 19.0. The topological polar surface area (TPSA) is 108 Å². The van der Waals surface area contributed by atoms with Crippen molar-refractivity contribution in [3.63, 3.8) is 0 Å². The van der Waals surface area contributed by atoms with Crippen LogP contribution in [0.3, 0.4) is 0 Å². The quantitative estimate of drug-likeness (QED) is 0.0847. The molecule has 0 saturated carbocycles. The third-order valence-corrected chi connectivity index (χ3v) is 8.50. The number of anilines is 1. The highest BCUT2D eigenvalue weighted by atomic mass is 79.9. The second-order valence-corrected chi connectivity index (χ2v) is 17.1. The zero-order valence-corrected chi connectivity index (χ0v) is 26.3. The molecule has 4 aromatic heterocycles. The highest BCUT2D eigenvalue weighted by Gasteiger charge is 2.27. The van der Waals surface area contributed by atoms with Crippen molar-refractivity contribution < 1.29 is 19.1 Å². The van der Waals surface area contributed by atoms with Crippen molar-refractivity contribution in [3.8, 4) is 28.3 Å². The van der Waals surface area contributed by atoms with Crippen molar-refractivity contribution in [2.75, 3.05) is 19.0 Å². The van der Waals surface area contributed by atoms with Crippen molar-refractivity contribution in [1.82, 2.24) is 19.5 Å². The minimum Gasteiger partial charge on any atom is -0.481 e. The Labute approximate surface area is 243 Å². The van der Waals surface area contributed by atoms with Crippen LogP contribution in [-0.4, -0.2) is 53.0 Å². The number of hydrogen-bond donors (Lipinski definition) is 1. The second-order valence-electron chi connectivity index (χ2n) is 10.7. The second kappa shape index (κ2) is 12.4. The Balaban J connectivity index is 2.05. The Morgan fingerprint density at radius 2 is 1.88 bits per heavy atom. The van der Waals surface area contributed by atoms with Crippen LogP contribution in [0.2, 0.25) is 25.7 Å². The summed E-state index contributed by atoms with van der Waals surface area (Å²) in [6.07, 6.45) is 3.71. The number of nitrogens with zero attached hydrogens (tertiary/aromatic N) is 4. The number of nitrogens with one attached hydrogen (secondary N) is 1. The number of methoxy groups -OCH3 is 1. The van der Waals surface area contributed by atoms with Gasteiger partial charge in [-0.1, -0.05) is 26.6 Å². The fourth-order valence-electron chi connectivity index (χ4n) is 4.43. The zero-order chi connectivity index (χ0) is 29.0. The summed E-state index contributed by atoms with van der Waals surface area (Å²) in [5, 5.41) is 2.77. The minimum atomic E-state index is -1.32. The summed E-state index contributed by atoms with van der Waals surface area (Å²) in [6.45, 7) is 11.0. The molecule has 0 fully saturated rings. The fourth-order valence-corrected chi connectivity index (χ4v) is 5.59. The molecule has 210 valence electrons. The number of hydrogen-bond acceptors (Lipinski definition) is 7. The van der Waals surface area contributed by atoms with Crippen LogP contribution in [0.4, 0.5) is 5.82 Å². The van der Waals surface area contributed by atoms with E-state index in [-0.39, 0.29) is 18.4 Å². The molecule has 4 aromatic rings. The Bertz CT molecular complexity index is 1550. The highest BCUT2D eigenvalue weighted by molar-refractivity contribution is 9.10. The molecule has 4 rings (SSSR count). The molecule has 0 aliphatic heterocycles. The van der Waals surface area contributed by atoms with E-state index in [1.165, 1.54) is 6.92 Å². The molecule has 4 heterocycles. The first-order valence-electron chi connectivity index (χ1n) is 13.1. The third-order valence-electron chi connectivity index (χ3n) is 6.38. The maximum atomic E-state index is 13.3. The van der Waals surface area contributed by atoms with Gasteiger partial charge in [0, 0.05) is 68.7 Å². The summed E-state index contributed by atoms with van der Waals surface area (Å²) < 4.78 is 14.1. The van der Waals surface area contributed by atoms with Crippen LogP contribution in [0.1, 0.15) is 30.6 Å². The lowest BCUT2D eigenvalue weighted by Crippen LogP contribution is -2.22. The third kappa shape index (κ3) is 6.65. The van der Waals surface area contributed by atoms with Gasteiger partial charge >= 0.3 is 0 Å². The fraction of sp³-hybridized carbons (Fsp3) is 0.345. The standard InChI is InChI=1S/C29H34BrN5O4Si/c1-7-22(37)21-15-23(30)34-27-26(20-8-9-25(38-3)32-16-20)28(19-10-11-31-24(14-19)33-18(2)36)35(29(21)27)17-39-12-13-40(4,5)6/h8-11,14-16H,7,12-13,17H2,1-6H3,(H,31,33,36). The number of aromatic nitrogens is 4. The summed E-state index contributed by atoms with van der Waals surface area (Å²) in [5.74, 6) is 0.672. The molecular weight excluding hydrogens is 590 g/mol. The normalized spacial score (nSPS) is 11.6. The Morgan fingerprint density at radius 3 is 2.50 bits per heavy atom. The zero-order valence-electron chi connectivity index (χ0n) is 23.7. The Morgan fingerprint density at radius 1 is 1.10 bits per heavy atom. The molecule has 0 aliphatic rings. The van der Waals surface area contributed by atoms with E-state index in [0.717, 1.165) is 28.4 Å². The molecule has 0 atom stereocenters. The van der Waals surface area contributed by atoms with E-state index in [2.05, 4.69) is 50.9 Å². The van der Waals surface area contributed by atoms with Crippen LogP contribution in [0.25, 0.3) is 33.4 Å². The molecule has 9 nitrogen and oxygen atoms in total. The number of amides is 1. The number of Topliss-reactive ketones (excluding diaryl/α,β-unsaturated/α-hetero) is 1. The van der Waals surface area contributed by atoms with Gasteiger partial charge in [0.1, 0.15) is 17.2 Å². The Kier molecular flexibility index (Phi) is 9.17. The van der Waals surface area contributed by atoms with Gasteiger partial charge in [-0.15, -0.1) is 0 Å². The predicted octanol–water partition coefficient (Wildman–Crippen LogP) is 6.79. The van der Waals surface area contributed by atoms with Crippen molar-refractivity contribution in [2.24, 2.45) is 0 Å². The summed E-state index contributed by atoms with van der Waals surface area (Å²) in [4.78, 5) is 38.7. The SMILES string of the molecule is CCC(=O)c1cc(Br)nc2c(-c3ccc(OC)nc3)c(-c3ccnc(NC(C)=O)c3)n(COCC[Si](C)(C)C)c12. The number of ketones is 1. The van der Waals surface area contributed by atoms with E-state index >= 15 is 0 Å². The number of ether oxygens (including phenoxy) is 2. The van der Waals surface area contributed by atoms with E-state index in [9.17, 15) is 9.59 Å². The van der Waals surface area contributed by atoms with Gasteiger partial charge < -0.3 is 19.4 Å². The molecule has 0 spiro atoms. The van der Waals surface area contributed by atoms with Crippen LogP contribution in [-0.2, 0) is 16.3 Å². The van der Waals surface area contributed by atoms with E-state index < -0.39 is 8.07 Å². The van der Waals surface area contributed by atoms with Crippen molar-refractivity contribution in [3.05, 3.63) is 52.9 Å². The van der Waals surface area contributed by atoms with Crippen LogP contribution in [0.15, 0.2) is 47.3 Å². The van der Waals surface area contributed by atoms with E-state index in [4.69, 9.17) is 14.5 Å². The molecule has 0 unspecified atom stereocenters. The van der Waals surface area contributed by atoms with Gasteiger partial charge in [-0.25, -0.2) is 15.0 Å². The molecule has 1 amide bonds. The maximum absolute atomic E-state index is 13.3. The van der Waals surface area contributed by atoms with Crippen molar-refractivity contribution in [1.29, 1.82) is 0 Å². The molecule has 0 radical (unpaired) electrons. The lowest BCUT2D eigenvalue weighted by molar-refractivity contribution is -0.114. The van der Waals surface area contributed by atoms with Gasteiger partial charge in [-0.2, -0.15) is 0 Å². The summed E-state index contributed by atoms with van der Waals surface area (Å²) in [6, 6.07) is 10.2. The van der Waals surface area contributed by atoms with Gasteiger partial charge in [0.15, 0.2) is 5.78 Å². The molecule has 0 bridgehead atoms. The molecule has 11 heteroatoms. The average molecular weight is 625 g/mol. The van der Waals surface area contributed by atoms with Crippen molar-refractivity contribution >= 4 is 52.5 Å². The monoisotopic (exact) mass is 623 g/mol.